The second-order valence-corrected chi connectivity index (χ2v) is 6.84. The lowest BCUT2D eigenvalue weighted by molar-refractivity contribution is 0.624. The third kappa shape index (κ3) is 2.09. The van der Waals surface area contributed by atoms with Crippen molar-refractivity contribution in [1.82, 2.24) is 4.98 Å². The van der Waals surface area contributed by atoms with Gasteiger partial charge in [-0.25, -0.2) is 4.39 Å². The summed E-state index contributed by atoms with van der Waals surface area (Å²) < 4.78 is 14.8. The number of aromatic nitrogens is 1. The molecule has 0 saturated heterocycles. The molecule has 2 atom stereocenters. The predicted octanol–water partition coefficient (Wildman–Crippen LogP) is 4.65. The lowest BCUT2D eigenvalue weighted by Crippen LogP contribution is -2.09. The summed E-state index contributed by atoms with van der Waals surface area (Å²) in [7, 11) is 0. The highest BCUT2D eigenvalue weighted by molar-refractivity contribution is 9.10. The van der Waals surface area contributed by atoms with Gasteiger partial charge in [0.1, 0.15) is 5.82 Å². The first-order valence-electron chi connectivity index (χ1n) is 7.43. The molecule has 1 aliphatic rings. The molecular weight excluding hydrogens is 343 g/mol. The van der Waals surface area contributed by atoms with Crippen molar-refractivity contribution < 1.29 is 4.39 Å². The van der Waals surface area contributed by atoms with Crippen LogP contribution in [0.5, 0.6) is 0 Å². The van der Waals surface area contributed by atoms with E-state index in [0.717, 1.165) is 22.0 Å². The SMILES string of the molecule is NC[C@H]1C[C@@H](c2c[nH]c3cc(Br)ccc23)c2cc(F)ccc21. The highest BCUT2D eigenvalue weighted by Gasteiger charge is 2.32. The Morgan fingerprint density at radius 1 is 1.14 bits per heavy atom. The Morgan fingerprint density at radius 2 is 2.00 bits per heavy atom. The Kier molecular flexibility index (Phi) is 3.31. The third-order valence-corrected chi connectivity index (χ3v) is 5.21. The maximum absolute atomic E-state index is 13.7. The first-order chi connectivity index (χ1) is 10.7. The van der Waals surface area contributed by atoms with Crippen molar-refractivity contribution >= 4 is 26.8 Å². The molecule has 0 bridgehead atoms. The van der Waals surface area contributed by atoms with Gasteiger partial charge in [-0.1, -0.05) is 28.1 Å². The number of nitrogens with one attached hydrogen (secondary N) is 1. The Hall–Kier alpha value is -1.65. The fraction of sp³-hybridized carbons (Fsp3) is 0.222. The van der Waals surface area contributed by atoms with E-state index in [9.17, 15) is 4.39 Å². The highest BCUT2D eigenvalue weighted by Crippen LogP contribution is 2.46. The van der Waals surface area contributed by atoms with E-state index in [4.69, 9.17) is 5.73 Å². The number of hydrogen-bond acceptors (Lipinski definition) is 1. The molecule has 0 unspecified atom stereocenters. The molecule has 3 aromatic rings. The van der Waals surface area contributed by atoms with Crippen molar-refractivity contribution in [2.24, 2.45) is 5.73 Å². The molecule has 0 amide bonds. The number of rotatable bonds is 2. The van der Waals surface area contributed by atoms with E-state index < -0.39 is 0 Å². The molecule has 3 N–H and O–H groups in total. The molecule has 0 fully saturated rings. The molecule has 112 valence electrons. The monoisotopic (exact) mass is 358 g/mol. The largest absolute Gasteiger partial charge is 0.361 e. The van der Waals surface area contributed by atoms with Crippen LogP contribution >= 0.6 is 15.9 Å². The topological polar surface area (TPSA) is 41.8 Å². The van der Waals surface area contributed by atoms with Crippen molar-refractivity contribution in [2.45, 2.75) is 18.3 Å². The summed E-state index contributed by atoms with van der Waals surface area (Å²) in [6, 6.07) is 11.3. The number of H-pyrrole nitrogens is 1. The second-order valence-electron chi connectivity index (χ2n) is 5.93. The predicted molar refractivity (Wildman–Crippen MR) is 90.7 cm³/mol. The molecular formula is C18H16BrFN2. The molecule has 0 radical (unpaired) electrons. The van der Waals surface area contributed by atoms with Gasteiger partial charge in [0.2, 0.25) is 0 Å². The fourth-order valence-electron chi connectivity index (χ4n) is 3.68. The number of aromatic amines is 1. The zero-order chi connectivity index (χ0) is 15.3. The van der Waals surface area contributed by atoms with Crippen LogP contribution in [0.4, 0.5) is 4.39 Å². The summed E-state index contributed by atoms with van der Waals surface area (Å²) in [5.74, 6) is 0.333. The van der Waals surface area contributed by atoms with Gasteiger partial charge in [0.15, 0.2) is 0 Å². The van der Waals surface area contributed by atoms with E-state index in [1.165, 1.54) is 22.6 Å². The van der Waals surface area contributed by atoms with Crippen LogP contribution in [-0.4, -0.2) is 11.5 Å². The van der Waals surface area contributed by atoms with Crippen molar-refractivity contribution in [3.05, 3.63) is 69.6 Å². The van der Waals surface area contributed by atoms with Gasteiger partial charge in [-0.15, -0.1) is 0 Å². The van der Waals surface area contributed by atoms with Crippen LogP contribution in [0.25, 0.3) is 10.9 Å². The summed E-state index contributed by atoms with van der Waals surface area (Å²) in [5.41, 5.74) is 10.5. The molecule has 1 aliphatic carbocycles. The minimum atomic E-state index is -0.177. The molecule has 1 aromatic heterocycles. The summed E-state index contributed by atoms with van der Waals surface area (Å²) in [4.78, 5) is 3.33. The Balaban J connectivity index is 1.88. The van der Waals surface area contributed by atoms with E-state index in [2.05, 4.69) is 39.2 Å². The summed E-state index contributed by atoms with van der Waals surface area (Å²) in [5, 5.41) is 1.20. The van der Waals surface area contributed by atoms with Gasteiger partial charge >= 0.3 is 0 Å². The molecule has 22 heavy (non-hydrogen) atoms. The van der Waals surface area contributed by atoms with Gasteiger partial charge in [0, 0.05) is 27.5 Å². The lowest BCUT2D eigenvalue weighted by atomic mass is 9.92. The zero-order valence-electron chi connectivity index (χ0n) is 11.9. The average molecular weight is 359 g/mol. The van der Waals surface area contributed by atoms with Crippen molar-refractivity contribution in [3.63, 3.8) is 0 Å². The van der Waals surface area contributed by atoms with E-state index in [-0.39, 0.29) is 11.7 Å². The van der Waals surface area contributed by atoms with Gasteiger partial charge < -0.3 is 10.7 Å². The zero-order valence-corrected chi connectivity index (χ0v) is 13.5. The third-order valence-electron chi connectivity index (χ3n) is 4.72. The van der Waals surface area contributed by atoms with Crippen molar-refractivity contribution in [3.8, 4) is 0 Å². The maximum Gasteiger partial charge on any atom is 0.123 e. The highest BCUT2D eigenvalue weighted by atomic mass is 79.9. The molecule has 0 spiro atoms. The smallest absolute Gasteiger partial charge is 0.123 e. The lowest BCUT2D eigenvalue weighted by Gasteiger charge is -2.11. The standard InChI is InChI=1S/C18H16BrFN2/c19-11-1-3-14-17(9-22-18(14)6-11)15-5-10(8-21)13-4-2-12(20)7-16(13)15/h1-4,6-7,9-10,15,22H,5,8,21H2/t10-,15-/m1/s1. The summed E-state index contributed by atoms with van der Waals surface area (Å²) in [6.07, 6.45) is 2.99. The van der Waals surface area contributed by atoms with Crippen LogP contribution in [0.3, 0.4) is 0 Å². The molecule has 0 saturated carbocycles. The number of hydrogen-bond donors (Lipinski definition) is 2. The van der Waals surface area contributed by atoms with Gasteiger partial charge in [-0.2, -0.15) is 0 Å². The van der Waals surface area contributed by atoms with Crippen LogP contribution in [0.15, 0.2) is 47.1 Å². The van der Waals surface area contributed by atoms with E-state index in [1.807, 2.05) is 12.1 Å². The van der Waals surface area contributed by atoms with Crippen LogP contribution in [0, 0.1) is 5.82 Å². The van der Waals surface area contributed by atoms with Gasteiger partial charge in [0.05, 0.1) is 0 Å². The Bertz CT molecular complexity index is 855. The van der Waals surface area contributed by atoms with Crippen molar-refractivity contribution in [2.75, 3.05) is 6.54 Å². The maximum atomic E-state index is 13.7. The average Bonchev–Trinajstić information content (AvgIpc) is 3.07. The van der Waals surface area contributed by atoms with Crippen LogP contribution in [-0.2, 0) is 0 Å². The van der Waals surface area contributed by atoms with Crippen LogP contribution in [0.2, 0.25) is 0 Å². The van der Waals surface area contributed by atoms with E-state index >= 15 is 0 Å². The first kappa shape index (κ1) is 14.0. The van der Waals surface area contributed by atoms with Crippen LogP contribution in [0.1, 0.15) is 34.9 Å². The molecule has 2 aromatic carbocycles. The van der Waals surface area contributed by atoms with E-state index in [1.54, 1.807) is 6.07 Å². The molecule has 2 nitrogen and oxygen atoms in total. The molecule has 0 aliphatic heterocycles. The second kappa shape index (κ2) is 5.21. The van der Waals surface area contributed by atoms with Crippen molar-refractivity contribution in [1.29, 1.82) is 0 Å². The first-order valence-corrected chi connectivity index (χ1v) is 8.22. The summed E-state index contributed by atoms with van der Waals surface area (Å²) >= 11 is 3.50. The number of benzene rings is 2. The number of halogens is 2. The van der Waals surface area contributed by atoms with Gasteiger partial charge in [0.25, 0.3) is 0 Å². The van der Waals surface area contributed by atoms with E-state index in [0.29, 0.717) is 12.5 Å². The van der Waals surface area contributed by atoms with Gasteiger partial charge in [-0.05, 0) is 59.8 Å². The minimum Gasteiger partial charge on any atom is -0.361 e. The Labute approximate surface area is 136 Å². The molecule has 4 rings (SSSR count). The minimum absolute atomic E-state index is 0.177. The normalized spacial score (nSPS) is 20.5. The number of fused-ring (bicyclic) bond motifs is 2. The fourth-order valence-corrected chi connectivity index (χ4v) is 4.05. The van der Waals surface area contributed by atoms with Crippen LogP contribution < -0.4 is 5.73 Å². The molecule has 4 heteroatoms. The van der Waals surface area contributed by atoms with Gasteiger partial charge in [-0.3, -0.25) is 0 Å². The summed E-state index contributed by atoms with van der Waals surface area (Å²) in [6.45, 7) is 0.600. The quantitative estimate of drug-likeness (QED) is 0.687. The number of nitrogens with two attached hydrogens (primary N) is 1. The Morgan fingerprint density at radius 3 is 2.82 bits per heavy atom. The molecule has 1 heterocycles.